The second-order valence-electron chi connectivity index (χ2n) is 11.3. The molecule has 4 nitrogen and oxygen atoms in total. The number of rotatable bonds is 5. The Morgan fingerprint density at radius 2 is 1.58 bits per heavy atom. The van der Waals surface area contributed by atoms with Crippen molar-refractivity contribution in [2.45, 2.75) is 76.4 Å². The molecule has 5 heteroatoms. The van der Waals surface area contributed by atoms with E-state index in [1.165, 1.54) is 10.4 Å². The van der Waals surface area contributed by atoms with Gasteiger partial charge in [0.1, 0.15) is 5.78 Å². The van der Waals surface area contributed by atoms with Crippen LogP contribution in [0.5, 0.6) is 0 Å². The lowest BCUT2D eigenvalue weighted by Crippen LogP contribution is -2.71. The molecule has 33 heavy (non-hydrogen) atoms. The Morgan fingerprint density at radius 3 is 2.09 bits per heavy atom. The molecule has 0 amide bonds. The number of methoxy groups -OCH3 is 1. The molecular weight excluding hydrogens is 428 g/mol. The maximum atomic E-state index is 13.3. The Labute approximate surface area is 198 Å². The van der Waals surface area contributed by atoms with Crippen molar-refractivity contribution < 1.29 is 18.7 Å². The Kier molecular flexibility index (Phi) is 5.48. The molecule has 0 aromatic heterocycles. The van der Waals surface area contributed by atoms with Crippen molar-refractivity contribution in [1.82, 2.24) is 0 Å². The van der Waals surface area contributed by atoms with Crippen LogP contribution in [0.4, 0.5) is 0 Å². The van der Waals surface area contributed by atoms with Gasteiger partial charge in [-0.25, -0.2) is 0 Å². The minimum absolute atomic E-state index is 0.0587. The van der Waals surface area contributed by atoms with Gasteiger partial charge in [-0.05, 0) is 41.6 Å². The largest absolute Gasteiger partial charge is 0.404 e. The number of carbonyl (C=O) groups is 1. The van der Waals surface area contributed by atoms with Gasteiger partial charge in [0.15, 0.2) is 5.79 Å². The smallest absolute Gasteiger partial charge is 0.261 e. The van der Waals surface area contributed by atoms with Crippen LogP contribution < -0.4 is 10.4 Å². The third-order valence-electron chi connectivity index (χ3n) is 8.58. The van der Waals surface area contributed by atoms with E-state index in [-0.39, 0.29) is 28.9 Å². The van der Waals surface area contributed by atoms with Crippen LogP contribution in [0.15, 0.2) is 60.7 Å². The zero-order valence-electron chi connectivity index (χ0n) is 20.5. The molecule has 5 rings (SSSR count). The average Bonchev–Trinajstić information content (AvgIpc) is 3.07. The molecule has 0 radical (unpaired) electrons. The predicted molar refractivity (Wildman–Crippen MR) is 132 cm³/mol. The van der Waals surface area contributed by atoms with Crippen molar-refractivity contribution >= 4 is 24.5 Å². The molecule has 2 heterocycles. The molecule has 1 unspecified atom stereocenters. The topological polar surface area (TPSA) is 44.8 Å². The van der Waals surface area contributed by atoms with E-state index < -0.39 is 19.5 Å². The van der Waals surface area contributed by atoms with Gasteiger partial charge in [0.05, 0.1) is 17.6 Å². The Bertz CT molecular complexity index is 978. The zero-order valence-corrected chi connectivity index (χ0v) is 21.5. The third kappa shape index (κ3) is 3.16. The van der Waals surface area contributed by atoms with E-state index in [1.54, 1.807) is 7.11 Å². The van der Waals surface area contributed by atoms with Gasteiger partial charge in [0.25, 0.3) is 8.32 Å². The minimum Gasteiger partial charge on any atom is -0.404 e. The Morgan fingerprint density at radius 1 is 1.00 bits per heavy atom. The van der Waals surface area contributed by atoms with E-state index >= 15 is 0 Å². The molecular formula is C28H36O4Si. The van der Waals surface area contributed by atoms with Gasteiger partial charge in [-0.3, -0.25) is 4.79 Å². The molecule has 0 N–H and O–H groups in total. The van der Waals surface area contributed by atoms with Crippen LogP contribution in [0.2, 0.25) is 5.04 Å². The summed E-state index contributed by atoms with van der Waals surface area (Å²) in [4.78, 5) is 13.3. The highest BCUT2D eigenvalue weighted by atomic mass is 28.4. The van der Waals surface area contributed by atoms with Crippen molar-refractivity contribution in [3.05, 3.63) is 60.7 Å². The fourth-order valence-corrected chi connectivity index (χ4v) is 11.6. The molecule has 1 aliphatic carbocycles. The van der Waals surface area contributed by atoms with Crippen molar-refractivity contribution in [3.8, 4) is 0 Å². The maximum absolute atomic E-state index is 13.3. The van der Waals surface area contributed by atoms with E-state index in [4.69, 9.17) is 13.9 Å². The van der Waals surface area contributed by atoms with Crippen molar-refractivity contribution in [1.29, 1.82) is 0 Å². The summed E-state index contributed by atoms with van der Waals surface area (Å²) in [6.45, 7) is 8.94. The standard InChI is InChI=1S/C28H36O4Si/c1-26(2,3)33(21-12-8-6-9-13-21,22-14-10-7-11-15-22)32-24-18-20-16-17-27(4)25(29)19-23(24)28(27,30-5)31-20/h6-15,20,23-24H,16-19H2,1-5H3/t20-,23+,24?,27+,28+/m0/s1. The van der Waals surface area contributed by atoms with Crippen LogP contribution in [-0.2, 0) is 18.7 Å². The summed E-state index contributed by atoms with van der Waals surface area (Å²) in [5.74, 6) is -0.731. The Hall–Kier alpha value is -1.79. The van der Waals surface area contributed by atoms with E-state index in [9.17, 15) is 4.79 Å². The Balaban J connectivity index is 1.66. The number of hydrogen-bond acceptors (Lipinski definition) is 4. The number of hydrogen-bond donors (Lipinski definition) is 0. The highest BCUT2D eigenvalue weighted by Crippen LogP contribution is 2.61. The number of carbonyl (C=O) groups excluding carboxylic acids is 1. The first kappa shape index (κ1) is 23.0. The van der Waals surface area contributed by atoms with Crippen LogP contribution in [-0.4, -0.2) is 39.2 Å². The van der Waals surface area contributed by atoms with Gasteiger partial charge in [0, 0.05) is 19.4 Å². The fraction of sp³-hybridized carbons (Fsp3) is 0.536. The lowest BCUT2D eigenvalue weighted by molar-refractivity contribution is -0.358. The lowest BCUT2D eigenvalue weighted by Gasteiger charge is -2.57. The summed E-state index contributed by atoms with van der Waals surface area (Å²) in [7, 11) is -1.03. The van der Waals surface area contributed by atoms with Crippen LogP contribution in [0.3, 0.4) is 0 Å². The quantitative estimate of drug-likeness (QED) is 0.613. The van der Waals surface area contributed by atoms with Gasteiger partial charge in [0.2, 0.25) is 0 Å². The van der Waals surface area contributed by atoms with Crippen molar-refractivity contribution in [2.75, 3.05) is 7.11 Å². The number of Topliss-reactive ketones (excluding diaryl/α,β-unsaturated/α-hetero) is 1. The minimum atomic E-state index is -2.74. The van der Waals surface area contributed by atoms with Crippen LogP contribution in [0.1, 0.15) is 53.4 Å². The van der Waals surface area contributed by atoms with Gasteiger partial charge < -0.3 is 13.9 Å². The molecule has 3 fully saturated rings. The van der Waals surface area contributed by atoms with Gasteiger partial charge in [-0.2, -0.15) is 0 Å². The van der Waals surface area contributed by atoms with E-state index in [0.717, 1.165) is 19.3 Å². The second-order valence-corrected chi connectivity index (χ2v) is 15.5. The fourth-order valence-electron chi connectivity index (χ4n) is 6.89. The molecule has 2 aromatic rings. The first-order valence-electron chi connectivity index (χ1n) is 12.2. The summed E-state index contributed by atoms with van der Waals surface area (Å²) in [5, 5.41) is 2.41. The summed E-state index contributed by atoms with van der Waals surface area (Å²) in [5.41, 5.74) is -0.601. The maximum Gasteiger partial charge on any atom is 0.261 e. The normalized spacial score (nSPS) is 33.8. The van der Waals surface area contributed by atoms with E-state index in [2.05, 4.69) is 81.4 Å². The molecule has 3 aliphatic rings. The zero-order chi connectivity index (χ0) is 23.5. The molecule has 2 aliphatic heterocycles. The molecule has 5 atom stereocenters. The monoisotopic (exact) mass is 464 g/mol. The molecule has 0 spiro atoms. The van der Waals surface area contributed by atoms with Gasteiger partial charge in [-0.1, -0.05) is 81.4 Å². The molecule has 176 valence electrons. The SMILES string of the molecule is CO[C@]12O[C@H]3CC[C@]1(C)C(=O)C[C@@H]2C(O[Si](c1ccccc1)(c1ccccc1)C(C)(C)C)C3. The third-order valence-corrected chi connectivity index (χ3v) is 13.6. The molecule has 2 bridgehead atoms. The summed E-state index contributed by atoms with van der Waals surface area (Å²) < 4.78 is 20.2. The highest BCUT2D eigenvalue weighted by Gasteiger charge is 2.71. The van der Waals surface area contributed by atoms with Crippen LogP contribution in [0, 0.1) is 11.3 Å². The van der Waals surface area contributed by atoms with E-state index in [1.807, 2.05) is 6.92 Å². The van der Waals surface area contributed by atoms with Crippen molar-refractivity contribution in [2.24, 2.45) is 11.3 Å². The molecule has 1 saturated carbocycles. The first-order valence-corrected chi connectivity index (χ1v) is 14.1. The molecule has 2 aromatic carbocycles. The number of fused-ring (bicyclic) bond motifs is 1. The first-order chi connectivity index (χ1) is 15.7. The number of ketones is 1. The molecule has 2 saturated heterocycles. The predicted octanol–water partition coefficient (Wildman–Crippen LogP) is 4.45. The van der Waals surface area contributed by atoms with Gasteiger partial charge >= 0.3 is 0 Å². The number of ether oxygens (including phenoxy) is 2. The summed E-state index contributed by atoms with van der Waals surface area (Å²) in [6.07, 6.45) is 2.93. The lowest BCUT2D eigenvalue weighted by atomic mass is 9.69. The van der Waals surface area contributed by atoms with Gasteiger partial charge in [-0.15, -0.1) is 0 Å². The highest BCUT2D eigenvalue weighted by molar-refractivity contribution is 6.99. The van der Waals surface area contributed by atoms with Crippen LogP contribution in [0.25, 0.3) is 0 Å². The summed E-state index contributed by atoms with van der Waals surface area (Å²) in [6, 6.07) is 21.5. The second kappa shape index (κ2) is 7.87. The average molecular weight is 465 g/mol. The number of benzene rings is 2. The van der Waals surface area contributed by atoms with E-state index in [0.29, 0.717) is 6.42 Å². The van der Waals surface area contributed by atoms with Crippen LogP contribution >= 0.6 is 0 Å². The summed E-state index contributed by atoms with van der Waals surface area (Å²) >= 11 is 0. The van der Waals surface area contributed by atoms with Crippen molar-refractivity contribution in [3.63, 3.8) is 0 Å².